The summed E-state index contributed by atoms with van der Waals surface area (Å²) in [5.74, 6) is -1.22. The number of carbonyl (C=O) groups is 1. The van der Waals surface area contributed by atoms with E-state index < -0.39 is 28.3 Å². The normalized spacial score (nSPS) is 18.0. The first-order valence-electron chi connectivity index (χ1n) is 8.78. The monoisotopic (exact) mass is 410 g/mol. The lowest BCUT2D eigenvalue weighted by molar-refractivity contribution is -0.120. The highest BCUT2D eigenvalue weighted by molar-refractivity contribution is 7.89. The van der Waals surface area contributed by atoms with Crippen LogP contribution in [0.2, 0.25) is 0 Å². The molecule has 6 nitrogen and oxygen atoms in total. The highest BCUT2D eigenvalue weighted by Crippen LogP contribution is 2.31. The molecule has 0 bridgehead atoms. The predicted octanol–water partition coefficient (Wildman–Crippen LogP) is 3.33. The van der Waals surface area contributed by atoms with E-state index in [4.69, 9.17) is 0 Å². The molecule has 0 aromatic heterocycles. The van der Waals surface area contributed by atoms with Crippen molar-refractivity contribution in [2.75, 3.05) is 18.4 Å². The molecule has 1 unspecified atom stereocenters. The van der Waals surface area contributed by atoms with Gasteiger partial charge in [0.1, 0.15) is 10.6 Å². The van der Waals surface area contributed by atoms with E-state index in [-0.39, 0.29) is 23.9 Å². The Morgan fingerprint density at radius 3 is 2.50 bits per heavy atom. The quantitative estimate of drug-likeness (QED) is 0.793. The van der Waals surface area contributed by atoms with Gasteiger partial charge < -0.3 is 10.1 Å². The second-order valence-electron chi connectivity index (χ2n) is 6.38. The molecule has 1 heterocycles. The molecule has 2 aromatic carbocycles. The molecule has 1 amide bonds. The van der Waals surface area contributed by atoms with E-state index in [1.54, 1.807) is 24.3 Å². The average Bonchev–Trinajstić information content (AvgIpc) is 2.69. The van der Waals surface area contributed by atoms with E-state index in [0.29, 0.717) is 18.5 Å². The van der Waals surface area contributed by atoms with Crippen molar-refractivity contribution >= 4 is 21.6 Å². The van der Waals surface area contributed by atoms with Gasteiger partial charge in [0, 0.05) is 18.8 Å². The van der Waals surface area contributed by atoms with Crippen molar-refractivity contribution in [1.82, 2.24) is 4.31 Å². The number of anilines is 1. The molecule has 1 aliphatic rings. The number of para-hydroxylation sites is 2. The number of rotatable bonds is 6. The third-order valence-electron chi connectivity index (χ3n) is 4.48. The number of benzene rings is 2. The molecule has 1 fully saturated rings. The number of sulfonamides is 1. The minimum Gasteiger partial charge on any atom is -0.433 e. The number of hydrogen-bond acceptors (Lipinski definition) is 4. The Labute approximate surface area is 162 Å². The SMILES string of the molecule is O=C(Nc1ccccc1)C1CCCN(S(=O)(=O)c2ccccc2OC(F)F)C1. The van der Waals surface area contributed by atoms with Crippen LogP contribution in [0, 0.1) is 5.92 Å². The van der Waals surface area contributed by atoms with E-state index in [1.807, 2.05) is 6.07 Å². The van der Waals surface area contributed by atoms with Crippen molar-refractivity contribution in [2.24, 2.45) is 5.92 Å². The van der Waals surface area contributed by atoms with Crippen molar-refractivity contribution in [3.8, 4) is 5.75 Å². The number of nitrogens with one attached hydrogen (secondary N) is 1. The van der Waals surface area contributed by atoms with E-state index >= 15 is 0 Å². The van der Waals surface area contributed by atoms with Crippen LogP contribution in [0.25, 0.3) is 0 Å². The lowest BCUT2D eigenvalue weighted by atomic mass is 9.99. The summed E-state index contributed by atoms with van der Waals surface area (Å²) in [7, 11) is -4.08. The molecule has 2 aromatic rings. The molecule has 28 heavy (non-hydrogen) atoms. The Morgan fingerprint density at radius 1 is 1.11 bits per heavy atom. The zero-order valence-electron chi connectivity index (χ0n) is 14.9. The van der Waals surface area contributed by atoms with Gasteiger partial charge in [-0.1, -0.05) is 30.3 Å². The number of carbonyl (C=O) groups excluding carboxylic acids is 1. The third kappa shape index (κ3) is 4.66. The molecular formula is C19H20F2N2O4S. The molecule has 150 valence electrons. The first-order valence-corrected chi connectivity index (χ1v) is 10.2. The summed E-state index contributed by atoms with van der Waals surface area (Å²) in [6.45, 7) is -2.95. The molecule has 1 saturated heterocycles. The van der Waals surface area contributed by atoms with Gasteiger partial charge in [0.05, 0.1) is 5.92 Å². The zero-order valence-corrected chi connectivity index (χ0v) is 15.7. The van der Waals surface area contributed by atoms with Gasteiger partial charge in [-0.05, 0) is 37.1 Å². The van der Waals surface area contributed by atoms with Crippen LogP contribution in [-0.4, -0.2) is 38.3 Å². The van der Waals surface area contributed by atoms with E-state index in [2.05, 4.69) is 10.1 Å². The van der Waals surface area contributed by atoms with Crippen molar-refractivity contribution in [2.45, 2.75) is 24.3 Å². The highest BCUT2D eigenvalue weighted by Gasteiger charge is 2.35. The van der Waals surface area contributed by atoms with Crippen molar-refractivity contribution in [1.29, 1.82) is 0 Å². The number of hydrogen-bond donors (Lipinski definition) is 1. The maximum Gasteiger partial charge on any atom is 0.387 e. The fourth-order valence-corrected chi connectivity index (χ4v) is 4.78. The van der Waals surface area contributed by atoms with Crippen molar-refractivity contribution < 1.29 is 26.7 Å². The van der Waals surface area contributed by atoms with Gasteiger partial charge in [-0.25, -0.2) is 8.42 Å². The molecule has 1 aliphatic heterocycles. The maximum absolute atomic E-state index is 13.0. The van der Waals surface area contributed by atoms with Crippen molar-refractivity contribution in [3.63, 3.8) is 0 Å². The molecule has 0 radical (unpaired) electrons. The lowest BCUT2D eigenvalue weighted by Gasteiger charge is -2.31. The highest BCUT2D eigenvalue weighted by atomic mass is 32.2. The van der Waals surface area contributed by atoms with Crippen LogP contribution in [-0.2, 0) is 14.8 Å². The van der Waals surface area contributed by atoms with Crippen molar-refractivity contribution in [3.05, 3.63) is 54.6 Å². The molecule has 0 aliphatic carbocycles. The minimum atomic E-state index is -4.08. The maximum atomic E-state index is 13.0. The van der Waals surface area contributed by atoms with Crippen LogP contribution in [0.4, 0.5) is 14.5 Å². The van der Waals surface area contributed by atoms with Gasteiger partial charge in [-0.3, -0.25) is 4.79 Å². The summed E-state index contributed by atoms with van der Waals surface area (Å²) in [5.41, 5.74) is 0.628. The molecule has 1 atom stereocenters. The molecule has 1 N–H and O–H groups in total. The van der Waals surface area contributed by atoms with Crippen LogP contribution in [0.15, 0.2) is 59.5 Å². The zero-order chi connectivity index (χ0) is 20.1. The largest absolute Gasteiger partial charge is 0.433 e. The molecule has 9 heteroatoms. The standard InChI is InChI=1S/C19H20F2N2O4S/c20-19(21)27-16-10-4-5-11-17(16)28(25,26)23-12-6-7-14(13-23)18(24)22-15-8-2-1-3-9-15/h1-5,8-11,14,19H,6-7,12-13H2,(H,22,24). The third-order valence-corrected chi connectivity index (χ3v) is 6.38. The second kappa shape index (κ2) is 8.66. The number of alkyl halides is 2. The summed E-state index contributed by atoms with van der Waals surface area (Å²) in [6, 6.07) is 14.1. The Kier molecular flexibility index (Phi) is 6.25. The number of ether oxygens (including phenoxy) is 1. The molecular weight excluding hydrogens is 390 g/mol. The fourth-order valence-electron chi connectivity index (χ4n) is 3.14. The summed E-state index contributed by atoms with van der Waals surface area (Å²) in [6.07, 6.45) is 1.03. The number of amides is 1. The number of piperidine rings is 1. The summed E-state index contributed by atoms with van der Waals surface area (Å²) >= 11 is 0. The number of halogens is 2. The van der Waals surface area contributed by atoms with E-state index in [0.717, 1.165) is 4.31 Å². The first-order chi connectivity index (χ1) is 13.4. The van der Waals surface area contributed by atoms with Gasteiger partial charge in [0.25, 0.3) is 0 Å². The topological polar surface area (TPSA) is 75.7 Å². The molecule has 3 rings (SSSR count). The smallest absolute Gasteiger partial charge is 0.387 e. The van der Waals surface area contributed by atoms with Crippen LogP contribution in [0.5, 0.6) is 5.75 Å². The predicted molar refractivity (Wildman–Crippen MR) is 99.6 cm³/mol. The van der Waals surface area contributed by atoms with Gasteiger partial charge in [-0.15, -0.1) is 0 Å². The summed E-state index contributed by atoms with van der Waals surface area (Å²) in [4.78, 5) is 12.2. The van der Waals surface area contributed by atoms with Crippen LogP contribution in [0.3, 0.4) is 0 Å². The fraction of sp³-hybridized carbons (Fsp3) is 0.316. The Hall–Kier alpha value is -2.52. The Bertz CT molecular complexity index is 923. The number of nitrogens with zero attached hydrogens (tertiary/aromatic N) is 1. The molecule has 0 saturated carbocycles. The van der Waals surface area contributed by atoms with Gasteiger partial charge >= 0.3 is 6.61 Å². The van der Waals surface area contributed by atoms with Crippen LogP contribution < -0.4 is 10.1 Å². The van der Waals surface area contributed by atoms with Gasteiger partial charge in [-0.2, -0.15) is 13.1 Å². The Balaban J connectivity index is 1.77. The van der Waals surface area contributed by atoms with Gasteiger partial charge in [0.15, 0.2) is 0 Å². The molecule has 0 spiro atoms. The second-order valence-corrected chi connectivity index (χ2v) is 8.29. The minimum absolute atomic E-state index is 0.0238. The summed E-state index contributed by atoms with van der Waals surface area (Å²) in [5, 5.41) is 2.78. The van der Waals surface area contributed by atoms with E-state index in [1.165, 1.54) is 24.3 Å². The first kappa shape index (κ1) is 20.2. The lowest BCUT2D eigenvalue weighted by Crippen LogP contribution is -2.43. The van der Waals surface area contributed by atoms with Gasteiger partial charge in [0.2, 0.25) is 15.9 Å². The van der Waals surface area contributed by atoms with Crippen LogP contribution >= 0.6 is 0 Å². The Morgan fingerprint density at radius 2 is 1.79 bits per heavy atom. The van der Waals surface area contributed by atoms with E-state index in [9.17, 15) is 22.0 Å². The van der Waals surface area contributed by atoms with Crippen LogP contribution in [0.1, 0.15) is 12.8 Å². The average molecular weight is 410 g/mol. The summed E-state index contributed by atoms with van der Waals surface area (Å²) < 4.78 is 56.7.